The predicted molar refractivity (Wildman–Crippen MR) is 176 cm³/mol. The summed E-state index contributed by atoms with van der Waals surface area (Å²) in [7, 11) is 0. The number of aromatic nitrogens is 1. The molecule has 1 aliphatic heterocycles. The number of thiazole rings is 1. The summed E-state index contributed by atoms with van der Waals surface area (Å²) in [4.78, 5) is 34.0. The Morgan fingerprint density at radius 3 is 2.49 bits per heavy atom. The molecule has 0 radical (unpaired) electrons. The highest BCUT2D eigenvalue weighted by Gasteiger charge is 2.33. The molecule has 3 aromatic carbocycles. The van der Waals surface area contributed by atoms with E-state index < -0.39 is 18.4 Å². The van der Waals surface area contributed by atoms with E-state index in [0.29, 0.717) is 48.9 Å². The Kier molecular flexibility index (Phi) is 11.1. The lowest BCUT2D eigenvalue weighted by molar-refractivity contribution is -0.274. The Labute approximate surface area is 277 Å². The second-order valence-corrected chi connectivity index (χ2v) is 13.2. The summed E-state index contributed by atoms with van der Waals surface area (Å²) in [5, 5.41) is 14.3. The molecule has 248 valence electrons. The smallest absolute Gasteiger partial charge is 0.406 e. The van der Waals surface area contributed by atoms with Gasteiger partial charge in [-0.1, -0.05) is 42.5 Å². The van der Waals surface area contributed by atoms with Crippen LogP contribution in [0, 0.1) is 19.8 Å². The lowest BCUT2D eigenvalue weighted by Crippen LogP contribution is -2.31. The van der Waals surface area contributed by atoms with Crippen molar-refractivity contribution in [2.45, 2.75) is 77.3 Å². The fourth-order valence-corrected chi connectivity index (χ4v) is 7.23. The summed E-state index contributed by atoms with van der Waals surface area (Å²) in [6.45, 7) is 4.44. The van der Waals surface area contributed by atoms with Crippen molar-refractivity contribution < 1.29 is 32.6 Å². The van der Waals surface area contributed by atoms with Gasteiger partial charge in [0.05, 0.1) is 12.1 Å². The highest BCUT2D eigenvalue weighted by atomic mass is 32.1. The first-order chi connectivity index (χ1) is 22.4. The quantitative estimate of drug-likeness (QED) is 0.145. The van der Waals surface area contributed by atoms with E-state index in [4.69, 9.17) is 0 Å². The summed E-state index contributed by atoms with van der Waals surface area (Å²) < 4.78 is 42.0. The zero-order chi connectivity index (χ0) is 33.6. The Hall–Kier alpha value is -4.02. The van der Waals surface area contributed by atoms with Crippen molar-refractivity contribution in [1.29, 1.82) is 0 Å². The third-order valence-corrected chi connectivity index (χ3v) is 9.58. The molecule has 2 heterocycles. The summed E-state index contributed by atoms with van der Waals surface area (Å²) in [5.74, 6) is -0.963. The summed E-state index contributed by atoms with van der Waals surface area (Å²) in [5.41, 5.74) is 4.28. The maximum Gasteiger partial charge on any atom is 0.573 e. The number of hydrogen-bond acceptors (Lipinski definition) is 6. The number of carbonyl (C=O) groups is 2. The summed E-state index contributed by atoms with van der Waals surface area (Å²) in [6, 6.07) is 20.7. The molecule has 1 aromatic heterocycles. The molecule has 1 amide bonds. The average molecular weight is 665 g/mol. The Morgan fingerprint density at radius 2 is 1.77 bits per heavy atom. The maximum absolute atomic E-state index is 13.8. The first kappa shape index (κ1) is 34.3. The number of aliphatic hydroxyl groups excluding tert-OH is 1. The van der Waals surface area contributed by atoms with E-state index in [1.54, 1.807) is 29.5 Å². The molecule has 4 aromatic rings. The van der Waals surface area contributed by atoms with Gasteiger partial charge in [0.25, 0.3) is 5.91 Å². The Bertz CT molecular complexity index is 1670. The molecule has 1 fully saturated rings. The van der Waals surface area contributed by atoms with Crippen LogP contribution in [0.5, 0.6) is 5.75 Å². The highest BCUT2D eigenvalue weighted by molar-refractivity contribution is 7.09. The van der Waals surface area contributed by atoms with Gasteiger partial charge in [0.15, 0.2) is 5.78 Å². The summed E-state index contributed by atoms with van der Waals surface area (Å²) >= 11 is 1.56. The number of rotatable bonds is 13. The molecule has 10 heteroatoms. The maximum atomic E-state index is 13.8. The third kappa shape index (κ3) is 9.51. The molecule has 5 rings (SSSR count). The van der Waals surface area contributed by atoms with Crippen LogP contribution < -0.4 is 4.74 Å². The van der Waals surface area contributed by atoms with Crippen molar-refractivity contribution in [3.8, 4) is 5.75 Å². The van der Waals surface area contributed by atoms with Gasteiger partial charge >= 0.3 is 6.36 Å². The normalized spacial score (nSPS) is 16.2. The Morgan fingerprint density at radius 1 is 1.02 bits per heavy atom. The highest BCUT2D eigenvalue weighted by Crippen LogP contribution is 2.35. The van der Waals surface area contributed by atoms with Gasteiger partial charge < -0.3 is 14.7 Å². The van der Waals surface area contributed by atoms with Gasteiger partial charge in [0.1, 0.15) is 10.8 Å². The average Bonchev–Trinajstić information content (AvgIpc) is 3.69. The summed E-state index contributed by atoms with van der Waals surface area (Å²) in [6.07, 6.45) is -1.99. The van der Waals surface area contributed by atoms with Crippen LogP contribution in [0.15, 0.2) is 78.2 Å². The van der Waals surface area contributed by atoms with Crippen molar-refractivity contribution in [3.05, 3.63) is 117 Å². The number of aryl methyl sites for hydroxylation is 3. The second-order valence-electron chi connectivity index (χ2n) is 12.3. The molecule has 3 atom stereocenters. The molecule has 0 aliphatic carbocycles. The SMILES string of the molecule is Cc1cc(C(=O)C[C@@H](Cc2ccccc2)[C@H](O)CCCc2cccc(OC(F)(F)F)c2)cc(C(=O)N2CCC[C@@H]2c2nc(C)cs2)c1. The van der Waals surface area contributed by atoms with Gasteiger partial charge in [0.2, 0.25) is 0 Å². The van der Waals surface area contributed by atoms with Gasteiger partial charge in [-0.05, 0) is 105 Å². The first-order valence-corrected chi connectivity index (χ1v) is 16.8. The molecule has 0 saturated carbocycles. The molecule has 47 heavy (non-hydrogen) atoms. The lowest BCUT2D eigenvalue weighted by Gasteiger charge is -2.24. The zero-order valence-corrected chi connectivity index (χ0v) is 27.3. The second kappa shape index (κ2) is 15.3. The lowest BCUT2D eigenvalue weighted by atomic mass is 9.85. The van der Waals surface area contributed by atoms with E-state index in [9.17, 15) is 27.9 Å². The zero-order valence-electron chi connectivity index (χ0n) is 26.5. The molecule has 0 spiro atoms. The van der Waals surface area contributed by atoms with Gasteiger partial charge in [-0.2, -0.15) is 0 Å². The number of likely N-dealkylation sites (tertiary alicyclic amines) is 1. The number of aliphatic hydroxyl groups is 1. The number of amides is 1. The van der Waals surface area contributed by atoms with E-state index in [-0.39, 0.29) is 29.9 Å². The van der Waals surface area contributed by atoms with Crippen LogP contribution >= 0.6 is 11.3 Å². The number of hydrogen-bond donors (Lipinski definition) is 1. The van der Waals surface area contributed by atoms with Crippen LogP contribution in [0.3, 0.4) is 0 Å². The fraction of sp³-hybridized carbons (Fsp3) is 0.378. The van der Waals surface area contributed by atoms with Gasteiger partial charge in [-0.3, -0.25) is 9.59 Å². The van der Waals surface area contributed by atoms with E-state index >= 15 is 0 Å². The van der Waals surface area contributed by atoms with Gasteiger partial charge in [-0.25, -0.2) is 4.98 Å². The number of carbonyl (C=O) groups excluding carboxylic acids is 2. The number of halogens is 3. The Balaban J connectivity index is 1.28. The first-order valence-electron chi connectivity index (χ1n) is 15.9. The largest absolute Gasteiger partial charge is 0.573 e. The minimum atomic E-state index is -4.77. The number of ketones is 1. The molecule has 1 N–H and O–H groups in total. The number of benzene rings is 3. The number of Topliss-reactive ketones (excluding diaryl/α,β-unsaturated/α-hetero) is 1. The van der Waals surface area contributed by atoms with Crippen molar-refractivity contribution in [2.24, 2.45) is 5.92 Å². The van der Waals surface area contributed by atoms with E-state index in [1.165, 1.54) is 18.2 Å². The topological polar surface area (TPSA) is 79.7 Å². The standard InChI is InChI=1S/C37H39F3N2O4S/c1-24-17-28(21-30(18-24)36(45)42-16-8-14-32(42)35-41-25(2)23-47-35)34(44)22-29(19-26-9-4-3-5-10-26)33(43)15-7-12-27-11-6-13-31(20-27)46-37(38,39)40/h3-6,9-11,13,17-18,20-21,23,29,32-33,43H,7-8,12,14-16,19,22H2,1-2H3/t29-,32-,33-/m1/s1. The molecule has 6 nitrogen and oxygen atoms in total. The van der Waals surface area contributed by atoms with Crippen molar-refractivity contribution in [1.82, 2.24) is 9.88 Å². The third-order valence-electron chi connectivity index (χ3n) is 8.51. The van der Waals surface area contributed by atoms with Crippen LogP contribution in [-0.2, 0) is 12.8 Å². The van der Waals surface area contributed by atoms with Crippen molar-refractivity contribution in [3.63, 3.8) is 0 Å². The molecule has 0 bridgehead atoms. The van der Waals surface area contributed by atoms with Crippen molar-refractivity contribution >= 4 is 23.0 Å². The van der Waals surface area contributed by atoms with Crippen LogP contribution in [0.4, 0.5) is 13.2 Å². The van der Waals surface area contributed by atoms with E-state index in [1.807, 2.05) is 60.5 Å². The molecular weight excluding hydrogens is 625 g/mol. The van der Waals surface area contributed by atoms with Gasteiger partial charge in [0, 0.05) is 35.2 Å². The molecule has 1 aliphatic rings. The minimum absolute atomic E-state index is 0.0762. The van der Waals surface area contributed by atoms with Crippen LogP contribution in [-0.4, -0.2) is 45.7 Å². The molecule has 0 unspecified atom stereocenters. The molecule has 1 saturated heterocycles. The van der Waals surface area contributed by atoms with Gasteiger partial charge in [-0.15, -0.1) is 24.5 Å². The van der Waals surface area contributed by atoms with Crippen LogP contribution in [0.25, 0.3) is 0 Å². The number of nitrogens with zero attached hydrogens (tertiary/aromatic N) is 2. The molecular formula is C37H39F3N2O4S. The van der Waals surface area contributed by atoms with Crippen LogP contribution in [0.2, 0.25) is 0 Å². The number of ether oxygens (including phenoxy) is 1. The van der Waals surface area contributed by atoms with Crippen LogP contribution in [0.1, 0.15) is 86.3 Å². The minimum Gasteiger partial charge on any atom is -0.406 e. The predicted octanol–water partition coefficient (Wildman–Crippen LogP) is 8.45. The monoisotopic (exact) mass is 664 g/mol. The van der Waals surface area contributed by atoms with E-state index in [2.05, 4.69) is 9.72 Å². The van der Waals surface area contributed by atoms with Crippen molar-refractivity contribution in [2.75, 3.05) is 6.54 Å². The number of alkyl halides is 3. The fourth-order valence-electron chi connectivity index (χ4n) is 6.29. The van der Waals surface area contributed by atoms with E-state index in [0.717, 1.165) is 34.7 Å².